The van der Waals surface area contributed by atoms with Crippen molar-refractivity contribution in [2.45, 2.75) is 44.6 Å². The van der Waals surface area contributed by atoms with Gasteiger partial charge in [-0.15, -0.1) is 0 Å². The Morgan fingerprint density at radius 1 is 1.12 bits per heavy atom. The van der Waals surface area contributed by atoms with Crippen LogP contribution in [0.25, 0.3) is 11.0 Å². The van der Waals surface area contributed by atoms with E-state index in [1.807, 2.05) is 43.3 Å². The molecule has 1 fully saturated rings. The van der Waals surface area contributed by atoms with Crippen LogP contribution in [-0.4, -0.2) is 22.0 Å². The van der Waals surface area contributed by atoms with E-state index in [0.717, 1.165) is 54.6 Å². The Kier molecular flexibility index (Phi) is 4.49. The molecular formula is C22H25N3O. The second-order valence-electron chi connectivity index (χ2n) is 7.21. The second-order valence-corrected chi connectivity index (χ2v) is 7.21. The molecule has 134 valence electrons. The molecule has 26 heavy (non-hydrogen) atoms. The van der Waals surface area contributed by atoms with E-state index in [0.29, 0.717) is 6.54 Å². The normalized spacial score (nSPS) is 15.6. The number of imidazole rings is 1. The highest BCUT2D eigenvalue weighted by molar-refractivity contribution is 5.89. The smallest absolute Gasteiger partial charge is 0.230 e. The fourth-order valence-electron chi connectivity index (χ4n) is 4.02. The number of hydrogen-bond donors (Lipinski definition) is 1. The number of amides is 1. The average Bonchev–Trinajstić information content (AvgIpc) is 2.94. The highest BCUT2D eigenvalue weighted by Crippen LogP contribution is 2.43. The van der Waals surface area contributed by atoms with Crippen LogP contribution < -0.4 is 5.32 Å². The third-order valence-electron chi connectivity index (χ3n) is 5.66. The molecule has 3 aromatic rings. The molecular weight excluding hydrogens is 322 g/mol. The lowest BCUT2D eigenvalue weighted by Crippen LogP contribution is -2.49. The van der Waals surface area contributed by atoms with Gasteiger partial charge in [0.15, 0.2) is 0 Å². The van der Waals surface area contributed by atoms with Crippen molar-refractivity contribution in [1.82, 2.24) is 14.9 Å². The average molecular weight is 347 g/mol. The molecule has 1 amide bonds. The number of carbonyl (C=O) groups excluding carboxylic acids is 1. The molecule has 1 saturated carbocycles. The highest BCUT2D eigenvalue weighted by Gasteiger charge is 2.45. The summed E-state index contributed by atoms with van der Waals surface area (Å²) < 4.78 is 2.23. The van der Waals surface area contributed by atoms with Crippen molar-refractivity contribution in [2.75, 3.05) is 6.54 Å². The molecule has 0 saturated heterocycles. The van der Waals surface area contributed by atoms with Crippen LogP contribution in [0.15, 0.2) is 54.6 Å². The van der Waals surface area contributed by atoms with Crippen molar-refractivity contribution in [3.63, 3.8) is 0 Å². The van der Waals surface area contributed by atoms with E-state index in [9.17, 15) is 4.79 Å². The van der Waals surface area contributed by atoms with Crippen molar-refractivity contribution in [1.29, 1.82) is 0 Å². The Morgan fingerprint density at radius 2 is 1.85 bits per heavy atom. The quantitative estimate of drug-likeness (QED) is 0.686. The van der Waals surface area contributed by atoms with Gasteiger partial charge in [0.05, 0.1) is 16.4 Å². The van der Waals surface area contributed by atoms with Gasteiger partial charge in [-0.05, 0) is 43.9 Å². The van der Waals surface area contributed by atoms with Crippen LogP contribution in [0.3, 0.4) is 0 Å². The topological polar surface area (TPSA) is 46.9 Å². The van der Waals surface area contributed by atoms with Gasteiger partial charge in [-0.2, -0.15) is 0 Å². The molecule has 1 N–H and O–H groups in total. The summed E-state index contributed by atoms with van der Waals surface area (Å²) in [4.78, 5) is 17.5. The lowest BCUT2D eigenvalue weighted by Gasteiger charge is -2.40. The molecule has 4 nitrogen and oxygen atoms in total. The van der Waals surface area contributed by atoms with Crippen molar-refractivity contribution in [2.24, 2.45) is 0 Å². The first-order valence-electron chi connectivity index (χ1n) is 9.46. The number of nitrogens with one attached hydrogen (secondary N) is 1. The first-order valence-corrected chi connectivity index (χ1v) is 9.46. The minimum Gasteiger partial charge on any atom is -0.355 e. The van der Waals surface area contributed by atoms with Gasteiger partial charge >= 0.3 is 0 Å². The number of para-hydroxylation sites is 2. The monoisotopic (exact) mass is 347 g/mol. The Morgan fingerprint density at radius 3 is 2.58 bits per heavy atom. The molecule has 0 unspecified atom stereocenters. The molecule has 1 aromatic heterocycles. The van der Waals surface area contributed by atoms with Gasteiger partial charge in [-0.1, -0.05) is 48.9 Å². The molecule has 1 aliphatic carbocycles. The minimum absolute atomic E-state index is 0.183. The lowest BCUT2D eigenvalue weighted by molar-refractivity contribution is -0.129. The summed E-state index contributed by atoms with van der Waals surface area (Å²) >= 11 is 0. The molecule has 2 aromatic carbocycles. The summed E-state index contributed by atoms with van der Waals surface area (Å²) in [7, 11) is 0. The van der Waals surface area contributed by atoms with E-state index in [1.165, 1.54) is 0 Å². The highest BCUT2D eigenvalue weighted by atomic mass is 16.2. The summed E-state index contributed by atoms with van der Waals surface area (Å²) in [6, 6.07) is 18.4. The molecule has 4 rings (SSSR count). The fourth-order valence-corrected chi connectivity index (χ4v) is 4.02. The van der Waals surface area contributed by atoms with Crippen LogP contribution >= 0.6 is 0 Å². The first-order chi connectivity index (χ1) is 12.7. The summed E-state index contributed by atoms with van der Waals surface area (Å²) in [5.41, 5.74) is 3.04. The number of carbonyl (C=O) groups is 1. The molecule has 4 heteroatoms. The molecule has 0 bridgehead atoms. The summed E-state index contributed by atoms with van der Waals surface area (Å²) in [5, 5.41) is 3.18. The van der Waals surface area contributed by atoms with E-state index in [4.69, 9.17) is 0 Å². The van der Waals surface area contributed by atoms with Gasteiger partial charge in [0, 0.05) is 13.1 Å². The third-order valence-corrected chi connectivity index (χ3v) is 5.66. The predicted molar refractivity (Wildman–Crippen MR) is 104 cm³/mol. The van der Waals surface area contributed by atoms with Gasteiger partial charge in [-0.3, -0.25) is 4.79 Å². The molecule has 0 atom stereocenters. The van der Waals surface area contributed by atoms with Gasteiger partial charge < -0.3 is 9.88 Å². The SMILES string of the molecule is Cc1nc2ccccc2n1CCCNC(=O)C1(c2ccccc2)CCC1. The van der Waals surface area contributed by atoms with Crippen LogP contribution in [-0.2, 0) is 16.8 Å². The Labute approximate surface area is 154 Å². The molecule has 1 aliphatic rings. The maximum absolute atomic E-state index is 12.9. The van der Waals surface area contributed by atoms with Crippen molar-refractivity contribution >= 4 is 16.9 Å². The largest absolute Gasteiger partial charge is 0.355 e. The predicted octanol–water partition coefficient (Wildman–Crippen LogP) is 3.97. The van der Waals surface area contributed by atoms with Crippen LogP contribution in [0.1, 0.15) is 37.1 Å². The molecule has 0 aliphatic heterocycles. The number of rotatable bonds is 6. The number of aryl methyl sites for hydroxylation is 2. The zero-order chi connectivity index (χ0) is 18.0. The zero-order valence-corrected chi connectivity index (χ0v) is 15.2. The van der Waals surface area contributed by atoms with Crippen molar-refractivity contribution < 1.29 is 4.79 Å². The summed E-state index contributed by atoms with van der Waals surface area (Å²) in [5.74, 6) is 1.21. The van der Waals surface area contributed by atoms with Gasteiger partial charge in [0.2, 0.25) is 5.91 Å². The minimum atomic E-state index is -0.307. The number of hydrogen-bond acceptors (Lipinski definition) is 2. The molecule has 0 spiro atoms. The molecule has 1 heterocycles. The Bertz CT molecular complexity index is 910. The van der Waals surface area contributed by atoms with E-state index < -0.39 is 0 Å². The molecule has 0 radical (unpaired) electrons. The lowest BCUT2D eigenvalue weighted by atomic mass is 9.64. The second kappa shape index (κ2) is 6.94. The van der Waals surface area contributed by atoms with E-state index >= 15 is 0 Å². The van der Waals surface area contributed by atoms with Crippen LogP contribution in [0.2, 0.25) is 0 Å². The van der Waals surface area contributed by atoms with Crippen LogP contribution in [0.4, 0.5) is 0 Å². The van der Waals surface area contributed by atoms with Crippen molar-refractivity contribution in [3.05, 3.63) is 66.0 Å². The number of fused-ring (bicyclic) bond motifs is 1. The van der Waals surface area contributed by atoms with E-state index in [2.05, 4.69) is 33.1 Å². The number of aromatic nitrogens is 2. The third kappa shape index (κ3) is 2.90. The Balaban J connectivity index is 1.37. The van der Waals surface area contributed by atoms with Crippen LogP contribution in [0.5, 0.6) is 0 Å². The van der Waals surface area contributed by atoms with Gasteiger partial charge in [0.1, 0.15) is 5.82 Å². The van der Waals surface area contributed by atoms with E-state index in [-0.39, 0.29) is 11.3 Å². The number of nitrogens with zero attached hydrogens (tertiary/aromatic N) is 2. The summed E-state index contributed by atoms with van der Waals surface area (Å²) in [6.45, 7) is 3.60. The van der Waals surface area contributed by atoms with Crippen molar-refractivity contribution in [3.8, 4) is 0 Å². The standard InChI is InChI=1S/C22H25N3O/c1-17-24-19-11-5-6-12-20(19)25(17)16-8-15-23-21(26)22(13-7-14-22)18-9-3-2-4-10-18/h2-6,9-12H,7-8,13-16H2,1H3,(H,23,26). The van der Waals surface area contributed by atoms with E-state index in [1.54, 1.807) is 0 Å². The van der Waals surface area contributed by atoms with Gasteiger partial charge in [-0.25, -0.2) is 4.98 Å². The number of benzene rings is 2. The Hall–Kier alpha value is -2.62. The van der Waals surface area contributed by atoms with Crippen LogP contribution in [0, 0.1) is 6.92 Å². The summed E-state index contributed by atoms with van der Waals surface area (Å²) in [6.07, 6.45) is 3.93. The van der Waals surface area contributed by atoms with Gasteiger partial charge in [0.25, 0.3) is 0 Å². The zero-order valence-electron chi connectivity index (χ0n) is 15.2. The fraction of sp³-hybridized carbons (Fsp3) is 0.364. The first kappa shape index (κ1) is 16.8. The maximum Gasteiger partial charge on any atom is 0.230 e. The maximum atomic E-state index is 12.9.